The van der Waals surface area contributed by atoms with Crippen molar-refractivity contribution in [1.82, 2.24) is 14.5 Å². The second kappa shape index (κ2) is 6.97. The van der Waals surface area contributed by atoms with Gasteiger partial charge in [-0.2, -0.15) is 0 Å². The number of amides is 2. The molecule has 2 saturated heterocycles. The quantitative estimate of drug-likeness (QED) is 0.851. The Labute approximate surface area is 140 Å². The molecule has 1 atom stereocenters. The van der Waals surface area contributed by atoms with Crippen molar-refractivity contribution in [2.24, 2.45) is 5.41 Å². The summed E-state index contributed by atoms with van der Waals surface area (Å²) >= 11 is 0. The Morgan fingerprint density at radius 2 is 1.74 bits per heavy atom. The molecule has 0 aromatic heterocycles. The molecular weight excluding hydrogens is 314 g/mol. The molecule has 2 amide bonds. The molecule has 23 heavy (non-hydrogen) atoms. The van der Waals surface area contributed by atoms with Crippen LogP contribution in [0.25, 0.3) is 0 Å². The summed E-state index contributed by atoms with van der Waals surface area (Å²) in [5, 5.41) is 3.11. The fourth-order valence-corrected chi connectivity index (χ4v) is 4.49. The van der Waals surface area contributed by atoms with Crippen LogP contribution in [0.1, 0.15) is 52.9 Å². The third kappa shape index (κ3) is 5.35. The zero-order valence-corrected chi connectivity index (χ0v) is 15.7. The minimum absolute atomic E-state index is 0.0227. The Bertz CT molecular complexity index is 519. The highest BCUT2D eigenvalue weighted by atomic mass is 32.2. The molecule has 1 N–H and O–H groups in total. The largest absolute Gasteiger partial charge is 0.335 e. The fraction of sp³-hybridized carbons (Fsp3) is 0.938. The van der Waals surface area contributed by atoms with Gasteiger partial charge in [-0.05, 0) is 37.5 Å². The van der Waals surface area contributed by atoms with Gasteiger partial charge in [-0.3, -0.25) is 0 Å². The molecule has 6 nitrogen and oxygen atoms in total. The Kier molecular flexibility index (Phi) is 5.61. The monoisotopic (exact) mass is 345 g/mol. The second-order valence-corrected chi connectivity index (χ2v) is 10.1. The molecule has 0 spiro atoms. The SMILES string of the molecule is CC(C)(C)CC1CCCN1C(=O)NC1CCN(S(C)(=O)=O)CC1. The molecule has 0 radical (unpaired) electrons. The number of hydrogen-bond donors (Lipinski definition) is 1. The number of carbonyl (C=O) groups excluding carboxylic acids is 1. The van der Waals surface area contributed by atoms with Gasteiger partial charge >= 0.3 is 6.03 Å². The number of sulfonamides is 1. The standard InChI is InChI=1S/C16H31N3O3S/c1-16(2,3)12-14-6-5-9-19(14)15(20)17-13-7-10-18(11-8-13)23(4,21)22/h13-14H,5-12H2,1-4H3,(H,17,20). The molecule has 7 heteroatoms. The van der Waals surface area contributed by atoms with E-state index < -0.39 is 10.0 Å². The van der Waals surface area contributed by atoms with Crippen molar-refractivity contribution in [2.75, 3.05) is 25.9 Å². The van der Waals surface area contributed by atoms with E-state index in [1.165, 1.54) is 10.6 Å². The molecule has 0 bridgehead atoms. The van der Waals surface area contributed by atoms with Crippen LogP contribution in [0.15, 0.2) is 0 Å². The van der Waals surface area contributed by atoms with Crippen LogP contribution >= 0.6 is 0 Å². The zero-order valence-electron chi connectivity index (χ0n) is 14.8. The minimum atomic E-state index is -3.11. The van der Waals surface area contributed by atoms with Crippen LogP contribution in [0.2, 0.25) is 0 Å². The molecule has 0 aromatic rings. The van der Waals surface area contributed by atoms with Crippen molar-refractivity contribution in [3.8, 4) is 0 Å². The van der Waals surface area contributed by atoms with Crippen LogP contribution in [0.4, 0.5) is 4.79 Å². The van der Waals surface area contributed by atoms with E-state index in [4.69, 9.17) is 0 Å². The first-order valence-electron chi connectivity index (χ1n) is 8.58. The number of rotatable bonds is 3. The number of nitrogens with one attached hydrogen (secondary N) is 1. The highest BCUT2D eigenvalue weighted by Crippen LogP contribution is 2.30. The fourth-order valence-electron chi connectivity index (χ4n) is 3.61. The average Bonchev–Trinajstić information content (AvgIpc) is 2.84. The van der Waals surface area contributed by atoms with Crippen LogP contribution < -0.4 is 5.32 Å². The van der Waals surface area contributed by atoms with Crippen molar-refractivity contribution >= 4 is 16.1 Å². The van der Waals surface area contributed by atoms with E-state index in [9.17, 15) is 13.2 Å². The molecule has 2 fully saturated rings. The van der Waals surface area contributed by atoms with Crippen molar-refractivity contribution in [2.45, 2.75) is 65.0 Å². The zero-order chi connectivity index (χ0) is 17.3. The molecule has 2 heterocycles. The van der Waals surface area contributed by atoms with E-state index in [0.29, 0.717) is 32.0 Å². The number of urea groups is 1. The van der Waals surface area contributed by atoms with Crippen LogP contribution in [0.3, 0.4) is 0 Å². The third-order valence-electron chi connectivity index (χ3n) is 4.74. The lowest BCUT2D eigenvalue weighted by molar-refractivity contribution is 0.166. The van der Waals surface area contributed by atoms with Gasteiger partial charge in [-0.15, -0.1) is 0 Å². The summed E-state index contributed by atoms with van der Waals surface area (Å²) in [6.07, 6.45) is 5.80. The first-order chi connectivity index (χ1) is 10.6. The highest BCUT2D eigenvalue weighted by molar-refractivity contribution is 7.88. The summed E-state index contributed by atoms with van der Waals surface area (Å²) in [5.74, 6) is 0. The van der Waals surface area contributed by atoms with E-state index in [1.54, 1.807) is 0 Å². The number of likely N-dealkylation sites (tertiary alicyclic amines) is 1. The summed E-state index contributed by atoms with van der Waals surface area (Å²) in [7, 11) is -3.11. The Morgan fingerprint density at radius 3 is 2.26 bits per heavy atom. The van der Waals surface area contributed by atoms with Crippen LogP contribution in [0.5, 0.6) is 0 Å². The second-order valence-electron chi connectivity index (χ2n) is 8.14. The van der Waals surface area contributed by atoms with Gasteiger partial charge in [-0.1, -0.05) is 20.8 Å². The van der Waals surface area contributed by atoms with E-state index >= 15 is 0 Å². The molecule has 0 aromatic carbocycles. The van der Waals surface area contributed by atoms with Crippen molar-refractivity contribution in [3.05, 3.63) is 0 Å². The molecule has 0 saturated carbocycles. The maximum absolute atomic E-state index is 12.6. The van der Waals surface area contributed by atoms with Gasteiger partial charge in [0, 0.05) is 31.7 Å². The smallest absolute Gasteiger partial charge is 0.317 e. The highest BCUT2D eigenvalue weighted by Gasteiger charge is 2.33. The summed E-state index contributed by atoms with van der Waals surface area (Å²) in [6.45, 7) is 8.45. The number of piperidine rings is 1. The number of carbonyl (C=O) groups is 1. The summed E-state index contributed by atoms with van der Waals surface area (Å²) in [4.78, 5) is 14.6. The molecule has 0 aliphatic carbocycles. The molecule has 2 rings (SSSR count). The maximum atomic E-state index is 12.6. The van der Waals surface area contributed by atoms with Crippen LogP contribution in [-0.2, 0) is 10.0 Å². The topological polar surface area (TPSA) is 69.7 Å². The lowest BCUT2D eigenvalue weighted by Gasteiger charge is -2.34. The number of hydrogen-bond acceptors (Lipinski definition) is 3. The van der Waals surface area contributed by atoms with Crippen molar-refractivity contribution in [3.63, 3.8) is 0 Å². The van der Waals surface area contributed by atoms with E-state index in [0.717, 1.165) is 25.8 Å². The van der Waals surface area contributed by atoms with Gasteiger partial charge in [0.15, 0.2) is 0 Å². The summed E-state index contributed by atoms with van der Waals surface area (Å²) in [5.41, 5.74) is 0.217. The minimum Gasteiger partial charge on any atom is -0.335 e. The van der Waals surface area contributed by atoms with Crippen LogP contribution in [0, 0.1) is 5.41 Å². The average molecular weight is 346 g/mol. The van der Waals surface area contributed by atoms with Gasteiger partial charge in [0.1, 0.15) is 0 Å². The lowest BCUT2D eigenvalue weighted by Crippen LogP contribution is -2.51. The predicted molar refractivity (Wildman–Crippen MR) is 91.8 cm³/mol. The normalized spacial score (nSPS) is 24.9. The molecule has 1 unspecified atom stereocenters. The Balaban J connectivity index is 1.85. The van der Waals surface area contributed by atoms with E-state index in [2.05, 4.69) is 26.1 Å². The van der Waals surface area contributed by atoms with E-state index in [1.807, 2.05) is 4.90 Å². The Morgan fingerprint density at radius 1 is 1.13 bits per heavy atom. The van der Waals surface area contributed by atoms with Gasteiger partial charge in [0.05, 0.1) is 6.26 Å². The molecular formula is C16H31N3O3S. The van der Waals surface area contributed by atoms with Gasteiger partial charge in [0.25, 0.3) is 0 Å². The van der Waals surface area contributed by atoms with Gasteiger partial charge < -0.3 is 10.2 Å². The number of nitrogens with zero attached hydrogens (tertiary/aromatic N) is 2. The third-order valence-corrected chi connectivity index (χ3v) is 6.04. The van der Waals surface area contributed by atoms with Gasteiger partial charge in [-0.25, -0.2) is 17.5 Å². The van der Waals surface area contributed by atoms with Crippen molar-refractivity contribution < 1.29 is 13.2 Å². The Hall–Kier alpha value is -0.820. The lowest BCUT2D eigenvalue weighted by atomic mass is 9.87. The molecule has 2 aliphatic heterocycles. The van der Waals surface area contributed by atoms with Crippen molar-refractivity contribution in [1.29, 1.82) is 0 Å². The predicted octanol–water partition coefficient (Wildman–Crippen LogP) is 2.02. The van der Waals surface area contributed by atoms with Crippen LogP contribution in [-0.4, -0.2) is 61.6 Å². The van der Waals surface area contributed by atoms with E-state index in [-0.39, 0.29) is 17.5 Å². The molecule has 2 aliphatic rings. The molecule has 134 valence electrons. The van der Waals surface area contributed by atoms with Gasteiger partial charge in [0.2, 0.25) is 10.0 Å². The maximum Gasteiger partial charge on any atom is 0.317 e. The first kappa shape index (κ1) is 18.5. The summed E-state index contributed by atoms with van der Waals surface area (Å²) < 4.78 is 24.6. The summed E-state index contributed by atoms with van der Waals surface area (Å²) in [6, 6.07) is 0.428. The first-order valence-corrected chi connectivity index (χ1v) is 10.4.